The number of hydrogen-bond donors (Lipinski definition) is 1. The summed E-state index contributed by atoms with van der Waals surface area (Å²) in [6.07, 6.45) is 11.2. The highest BCUT2D eigenvalue weighted by atomic mass is 16.7. The monoisotopic (exact) mass is 326 g/mol. The van der Waals surface area contributed by atoms with Crippen molar-refractivity contribution in [3.05, 3.63) is 60.2 Å². The smallest absolute Gasteiger partial charge is 0.316 e. The lowest BCUT2D eigenvalue weighted by atomic mass is 10.0. The van der Waals surface area contributed by atoms with Crippen molar-refractivity contribution in [2.75, 3.05) is 6.54 Å². The van der Waals surface area contributed by atoms with E-state index in [0.717, 1.165) is 43.4 Å². The summed E-state index contributed by atoms with van der Waals surface area (Å²) in [5, 5.41) is 0. The number of carbonyl (C=O) groups excluding carboxylic acids is 1. The van der Waals surface area contributed by atoms with Gasteiger partial charge in [0.15, 0.2) is 0 Å². The molecule has 0 bridgehead atoms. The molecule has 1 aliphatic rings. The van der Waals surface area contributed by atoms with E-state index in [0.29, 0.717) is 6.61 Å². The van der Waals surface area contributed by atoms with E-state index in [9.17, 15) is 4.79 Å². The van der Waals surface area contributed by atoms with Gasteiger partial charge in [-0.3, -0.25) is 14.8 Å². The molecular weight excluding hydrogens is 304 g/mol. The van der Waals surface area contributed by atoms with Crippen LogP contribution in [0.1, 0.15) is 42.9 Å². The maximum Gasteiger partial charge on any atom is 0.341 e. The van der Waals surface area contributed by atoms with E-state index in [1.807, 2.05) is 29.2 Å². The number of rotatable bonds is 4. The first-order valence-electron chi connectivity index (χ1n) is 8.32. The van der Waals surface area contributed by atoms with Crippen LogP contribution in [0, 0.1) is 0 Å². The van der Waals surface area contributed by atoms with Gasteiger partial charge < -0.3 is 4.90 Å². The predicted molar refractivity (Wildman–Crippen MR) is 89.7 cm³/mol. The quantitative estimate of drug-likeness (QED) is 0.876. The largest absolute Gasteiger partial charge is 0.341 e. The van der Waals surface area contributed by atoms with E-state index in [1.165, 1.54) is 0 Å². The molecule has 2 aromatic heterocycles. The molecule has 3 rings (SSSR count). The van der Waals surface area contributed by atoms with Crippen molar-refractivity contribution in [3.63, 3.8) is 0 Å². The number of pyridine rings is 2. The molecule has 6 nitrogen and oxygen atoms in total. The molecule has 24 heavy (non-hydrogen) atoms. The molecular formula is C18H22N4O2. The second-order valence-electron chi connectivity index (χ2n) is 5.90. The summed E-state index contributed by atoms with van der Waals surface area (Å²) in [4.78, 5) is 27.9. The van der Waals surface area contributed by atoms with Crippen LogP contribution in [0.4, 0.5) is 4.79 Å². The van der Waals surface area contributed by atoms with Gasteiger partial charge in [0, 0.05) is 31.3 Å². The van der Waals surface area contributed by atoms with Gasteiger partial charge in [-0.2, -0.15) is 0 Å². The van der Waals surface area contributed by atoms with Crippen molar-refractivity contribution < 1.29 is 9.63 Å². The first-order valence-corrected chi connectivity index (χ1v) is 8.32. The fourth-order valence-corrected chi connectivity index (χ4v) is 3.01. The SMILES string of the molecule is O=C(NOCc1cccnc1)N1CCCCC[C@H]1c1ccncc1. The number of nitrogens with one attached hydrogen (secondary N) is 1. The molecule has 1 fully saturated rings. The number of likely N-dealkylation sites (tertiary alicyclic amines) is 1. The van der Waals surface area contributed by atoms with Crippen LogP contribution in [0.5, 0.6) is 0 Å². The van der Waals surface area contributed by atoms with Crippen molar-refractivity contribution in [3.8, 4) is 0 Å². The van der Waals surface area contributed by atoms with Crippen LogP contribution in [-0.2, 0) is 11.4 Å². The minimum absolute atomic E-state index is 0.0671. The Kier molecular flexibility index (Phi) is 5.74. The van der Waals surface area contributed by atoms with Gasteiger partial charge in [0.25, 0.3) is 0 Å². The van der Waals surface area contributed by atoms with E-state index in [2.05, 4.69) is 15.4 Å². The van der Waals surface area contributed by atoms with Crippen molar-refractivity contribution in [1.82, 2.24) is 20.3 Å². The number of aromatic nitrogens is 2. The van der Waals surface area contributed by atoms with Crippen molar-refractivity contribution >= 4 is 6.03 Å². The highest BCUT2D eigenvalue weighted by Gasteiger charge is 2.26. The van der Waals surface area contributed by atoms with Crippen LogP contribution in [0.3, 0.4) is 0 Å². The lowest BCUT2D eigenvalue weighted by Crippen LogP contribution is -2.42. The first-order chi connectivity index (χ1) is 11.8. The van der Waals surface area contributed by atoms with Crippen LogP contribution in [0.25, 0.3) is 0 Å². The van der Waals surface area contributed by atoms with E-state index < -0.39 is 0 Å². The Morgan fingerprint density at radius 3 is 2.83 bits per heavy atom. The number of hydrogen-bond acceptors (Lipinski definition) is 4. The maximum atomic E-state index is 12.6. The normalized spacial score (nSPS) is 18.0. The van der Waals surface area contributed by atoms with E-state index >= 15 is 0 Å². The second kappa shape index (κ2) is 8.40. The van der Waals surface area contributed by atoms with E-state index in [4.69, 9.17) is 4.84 Å². The van der Waals surface area contributed by atoms with Gasteiger partial charge in [-0.25, -0.2) is 10.3 Å². The molecule has 1 saturated heterocycles. The average molecular weight is 326 g/mol. The molecule has 1 atom stereocenters. The number of amides is 2. The van der Waals surface area contributed by atoms with E-state index in [1.54, 1.807) is 24.8 Å². The third-order valence-corrected chi connectivity index (χ3v) is 4.23. The molecule has 2 amide bonds. The third kappa shape index (κ3) is 4.29. The topological polar surface area (TPSA) is 67.3 Å². The summed E-state index contributed by atoms with van der Waals surface area (Å²) in [5.41, 5.74) is 4.61. The van der Waals surface area contributed by atoms with Gasteiger partial charge in [0.1, 0.15) is 6.61 Å². The molecule has 1 N–H and O–H groups in total. The summed E-state index contributed by atoms with van der Waals surface area (Å²) in [7, 11) is 0. The Morgan fingerprint density at radius 1 is 1.17 bits per heavy atom. The Bertz CT molecular complexity index is 636. The van der Waals surface area contributed by atoms with Gasteiger partial charge in [0.05, 0.1) is 6.04 Å². The van der Waals surface area contributed by atoms with Crippen LogP contribution >= 0.6 is 0 Å². The second-order valence-corrected chi connectivity index (χ2v) is 5.90. The summed E-state index contributed by atoms with van der Waals surface area (Å²) in [6.45, 7) is 1.03. The molecule has 0 aromatic carbocycles. The zero-order valence-corrected chi connectivity index (χ0v) is 13.6. The number of carbonyl (C=O) groups is 1. The molecule has 0 radical (unpaired) electrons. The lowest BCUT2D eigenvalue weighted by Gasteiger charge is -2.30. The average Bonchev–Trinajstić information content (AvgIpc) is 2.89. The summed E-state index contributed by atoms with van der Waals surface area (Å²) < 4.78 is 0. The zero-order chi connectivity index (χ0) is 16.6. The standard InChI is InChI=1S/C18H22N4O2/c23-18(21-24-14-15-5-4-9-20-13-15)22-12-3-1-2-6-17(22)16-7-10-19-11-8-16/h4-5,7-11,13,17H,1-3,6,12,14H2,(H,21,23)/t17-/m0/s1. The van der Waals surface area contributed by atoms with Gasteiger partial charge in [-0.05, 0) is 42.2 Å². The van der Waals surface area contributed by atoms with Crippen molar-refractivity contribution in [1.29, 1.82) is 0 Å². The van der Waals surface area contributed by atoms with Gasteiger partial charge in [-0.1, -0.05) is 18.9 Å². The molecule has 3 heterocycles. The van der Waals surface area contributed by atoms with Gasteiger partial charge >= 0.3 is 6.03 Å². The van der Waals surface area contributed by atoms with Crippen LogP contribution < -0.4 is 5.48 Å². The highest BCUT2D eigenvalue weighted by molar-refractivity contribution is 5.73. The van der Waals surface area contributed by atoms with Gasteiger partial charge in [0.2, 0.25) is 0 Å². The van der Waals surface area contributed by atoms with E-state index in [-0.39, 0.29) is 12.1 Å². The molecule has 2 aromatic rings. The Balaban J connectivity index is 1.62. The van der Waals surface area contributed by atoms with Crippen LogP contribution in [0.2, 0.25) is 0 Å². The molecule has 0 unspecified atom stereocenters. The van der Waals surface area contributed by atoms with Gasteiger partial charge in [-0.15, -0.1) is 0 Å². The highest BCUT2D eigenvalue weighted by Crippen LogP contribution is 2.29. The molecule has 0 spiro atoms. The molecule has 126 valence electrons. The molecule has 0 saturated carbocycles. The summed E-state index contributed by atoms with van der Waals surface area (Å²) >= 11 is 0. The predicted octanol–water partition coefficient (Wildman–Crippen LogP) is 3.24. The van der Waals surface area contributed by atoms with Crippen LogP contribution in [0.15, 0.2) is 49.1 Å². The number of urea groups is 1. The zero-order valence-electron chi connectivity index (χ0n) is 13.6. The fourth-order valence-electron chi connectivity index (χ4n) is 3.01. The minimum atomic E-state index is -0.192. The number of hydroxylamine groups is 1. The summed E-state index contributed by atoms with van der Waals surface area (Å²) in [6, 6.07) is 7.58. The molecule has 6 heteroatoms. The fraction of sp³-hybridized carbons (Fsp3) is 0.389. The summed E-state index contributed by atoms with van der Waals surface area (Å²) in [5.74, 6) is 0. The minimum Gasteiger partial charge on any atom is -0.316 e. The Labute approximate surface area is 141 Å². The number of nitrogens with zero attached hydrogens (tertiary/aromatic N) is 3. The van der Waals surface area contributed by atoms with Crippen molar-refractivity contribution in [2.24, 2.45) is 0 Å². The third-order valence-electron chi connectivity index (χ3n) is 4.23. The first kappa shape index (κ1) is 16.4. The maximum absolute atomic E-state index is 12.6. The lowest BCUT2D eigenvalue weighted by molar-refractivity contribution is 0.0316. The van der Waals surface area contributed by atoms with Crippen LogP contribution in [-0.4, -0.2) is 27.4 Å². The molecule has 0 aliphatic carbocycles. The van der Waals surface area contributed by atoms with Crippen molar-refractivity contribution in [2.45, 2.75) is 38.3 Å². The Hall–Kier alpha value is -2.47. The molecule has 1 aliphatic heterocycles. The Morgan fingerprint density at radius 2 is 2.04 bits per heavy atom.